The lowest BCUT2D eigenvalue weighted by molar-refractivity contribution is 0.243. The van der Waals surface area contributed by atoms with E-state index in [9.17, 15) is 0 Å². The Morgan fingerprint density at radius 3 is 2.36 bits per heavy atom. The molecule has 0 fully saturated rings. The van der Waals surface area contributed by atoms with Crippen LogP contribution in [0.5, 0.6) is 0 Å². The molecule has 0 spiro atoms. The van der Waals surface area contributed by atoms with Crippen molar-refractivity contribution in [3.63, 3.8) is 0 Å². The number of benzene rings is 1. The Labute approximate surface area is 93.5 Å². The summed E-state index contributed by atoms with van der Waals surface area (Å²) in [6, 6.07) is 8.60. The molecule has 0 aromatic heterocycles. The molecule has 0 saturated carbocycles. The van der Waals surface area contributed by atoms with E-state index in [4.69, 9.17) is 5.11 Å². The predicted molar refractivity (Wildman–Crippen MR) is 62.2 cm³/mol. The third-order valence-corrected chi connectivity index (χ3v) is 2.71. The van der Waals surface area contributed by atoms with Crippen molar-refractivity contribution in [3.8, 4) is 0 Å². The van der Waals surface area contributed by atoms with Gasteiger partial charge < -0.3 is 10.4 Å². The highest BCUT2D eigenvalue weighted by molar-refractivity contribution is 9.10. The first-order valence-electron chi connectivity index (χ1n) is 4.76. The molecule has 1 rings (SSSR count). The van der Waals surface area contributed by atoms with Crippen LogP contribution in [0.1, 0.15) is 25.5 Å². The Morgan fingerprint density at radius 2 is 1.86 bits per heavy atom. The largest absolute Gasteiger partial charge is 0.395 e. The first-order valence-corrected chi connectivity index (χ1v) is 5.55. The fraction of sp³-hybridized carbons (Fsp3) is 0.455. The molecule has 0 unspecified atom stereocenters. The molecule has 0 aliphatic rings. The standard InChI is InChI=1S/C11H16BrNO/c1-8(7-14)13-9(2)10-3-5-11(12)6-4-10/h3-6,8-9,13-14H,7H2,1-2H3/t8-,9+/m0/s1. The molecule has 1 aromatic carbocycles. The van der Waals surface area contributed by atoms with E-state index < -0.39 is 0 Å². The molecule has 2 N–H and O–H groups in total. The van der Waals surface area contributed by atoms with Gasteiger partial charge in [0.2, 0.25) is 0 Å². The van der Waals surface area contributed by atoms with Crippen LogP contribution in [0.25, 0.3) is 0 Å². The maximum absolute atomic E-state index is 8.90. The van der Waals surface area contributed by atoms with E-state index in [1.807, 2.05) is 19.1 Å². The normalized spacial score (nSPS) is 15.1. The van der Waals surface area contributed by atoms with Gasteiger partial charge in [-0.05, 0) is 31.5 Å². The summed E-state index contributed by atoms with van der Waals surface area (Å²) in [5.74, 6) is 0. The number of hydrogen-bond acceptors (Lipinski definition) is 2. The van der Waals surface area contributed by atoms with Gasteiger partial charge in [-0.2, -0.15) is 0 Å². The van der Waals surface area contributed by atoms with Crippen LogP contribution in [0.15, 0.2) is 28.7 Å². The zero-order valence-electron chi connectivity index (χ0n) is 8.50. The Morgan fingerprint density at radius 1 is 1.29 bits per heavy atom. The van der Waals surface area contributed by atoms with E-state index in [-0.39, 0.29) is 18.7 Å². The predicted octanol–water partition coefficient (Wildman–Crippen LogP) is 2.48. The Bertz CT molecular complexity index is 273. The molecule has 0 aliphatic carbocycles. The quantitative estimate of drug-likeness (QED) is 0.869. The number of aliphatic hydroxyl groups is 1. The Kier molecular flexibility index (Phi) is 4.58. The van der Waals surface area contributed by atoms with Gasteiger partial charge in [0.1, 0.15) is 0 Å². The van der Waals surface area contributed by atoms with Crippen molar-refractivity contribution in [1.29, 1.82) is 0 Å². The van der Waals surface area contributed by atoms with E-state index in [2.05, 4.69) is 40.3 Å². The maximum Gasteiger partial charge on any atom is 0.0582 e. The zero-order valence-corrected chi connectivity index (χ0v) is 10.1. The minimum Gasteiger partial charge on any atom is -0.395 e. The lowest BCUT2D eigenvalue weighted by Crippen LogP contribution is -2.31. The summed E-state index contributed by atoms with van der Waals surface area (Å²) < 4.78 is 1.09. The van der Waals surface area contributed by atoms with Gasteiger partial charge in [-0.15, -0.1) is 0 Å². The minimum absolute atomic E-state index is 0.133. The number of aliphatic hydroxyl groups excluding tert-OH is 1. The van der Waals surface area contributed by atoms with Gasteiger partial charge in [-0.3, -0.25) is 0 Å². The van der Waals surface area contributed by atoms with Gasteiger partial charge in [-0.25, -0.2) is 0 Å². The third-order valence-electron chi connectivity index (χ3n) is 2.18. The van der Waals surface area contributed by atoms with Crippen LogP contribution in [0, 0.1) is 0 Å². The monoisotopic (exact) mass is 257 g/mol. The van der Waals surface area contributed by atoms with Crippen LogP contribution in [0.2, 0.25) is 0 Å². The number of nitrogens with one attached hydrogen (secondary N) is 1. The number of rotatable bonds is 4. The fourth-order valence-corrected chi connectivity index (χ4v) is 1.59. The van der Waals surface area contributed by atoms with Crippen molar-refractivity contribution in [3.05, 3.63) is 34.3 Å². The van der Waals surface area contributed by atoms with Crippen molar-refractivity contribution in [2.75, 3.05) is 6.61 Å². The van der Waals surface area contributed by atoms with Crippen molar-refractivity contribution in [1.82, 2.24) is 5.32 Å². The highest BCUT2D eigenvalue weighted by Crippen LogP contribution is 2.16. The highest BCUT2D eigenvalue weighted by atomic mass is 79.9. The molecule has 2 atom stereocenters. The molecule has 14 heavy (non-hydrogen) atoms. The van der Waals surface area contributed by atoms with Crippen molar-refractivity contribution in [2.45, 2.75) is 25.9 Å². The SMILES string of the molecule is C[C@@H](CO)N[C@H](C)c1ccc(Br)cc1. The molecule has 0 saturated heterocycles. The molecule has 0 aliphatic heterocycles. The van der Waals surface area contributed by atoms with Crippen LogP contribution in [0.4, 0.5) is 0 Å². The fourth-order valence-electron chi connectivity index (χ4n) is 1.33. The molecule has 3 heteroatoms. The summed E-state index contributed by atoms with van der Waals surface area (Å²) in [5, 5.41) is 12.2. The Balaban J connectivity index is 2.60. The molecule has 0 bridgehead atoms. The van der Waals surface area contributed by atoms with Gasteiger partial charge >= 0.3 is 0 Å². The molecular formula is C11H16BrNO. The van der Waals surface area contributed by atoms with Crippen LogP contribution < -0.4 is 5.32 Å². The first-order chi connectivity index (χ1) is 6.63. The van der Waals surface area contributed by atoms with Crippen LogP contribution in [-0.4, -0.2) is 17.8 Å². The average molecular weight is 258 g/mol. The van der Waals surface area contributed by atoms with Crippen LogP contribution in [0.3, 0.4) is 0 Å². The molecule has 2 nitrogen and oxygen atoms in total. The van der Waals surface area contributed by atoms with Crippen molar-refractivity contribution >= 4 is 15.9 Å². The zero-order chi connectivity index (χ0) is 10.6. The first kappa shape index (κ1) is 11.7. The molecule has 0 amide bonds. The molecule has 0 heterocycles. The number of hydrogen-bond donors (Lipinski definition) is 2. The second-order valence-corrected chi connectivity index (χ2v) is 4.44. The second-order valence-electron chi connectivity index (χ2n) is 3.52. The highest BCUT2D eigenvalue weighted by Gasteiger charge is 2.07. The van der Waals surface area contributed by atoms with Gasteiger partial charge in [-0.1, -0.05) is 28.1 Å². The smallest absolute Gasteiger partial charge is 0.0582 e. The van der Waals surface area contributed by atoms with E-state index in [0.29, 0.717) is 0 Å². The van der Waals surface area contributed by atoms with Gasteiger partial charge in [0.25, 0.3) is 0 Å². The van der Waals surface area contributed by atoms with E-state index in [1.54, 1.807) is 0 Å². The van der Waals surface area contributed by atoms with Crippen LogP contribution >= 0.6 is 15.9 Å². The lowest BCUT2D eigenvalue weighted by atomic mass is 10.1. The summed E-state index contributed by atoms with van der Waals surface area (Å²) in [4.78, 5) is 0. The summed E-state index contributed by atoms with van der Waals surface area (Å²) in [5.41, 5.74) is 1.23. The molecular weight excluding hydrogens is 242 g/mol. The van der Waals surface area contributed by atoms with E-state index in [1.165, 1.54) is 5.56 Å². The summed E-state index contributed by atoms with van der Waals surface area (Å²) in [7, 11) is 0. The Hall–Kier alpha value is -0.380. The van der Waals surface area contributed by atoms with Crippen molar-refractivity contribution in [2.24, 2.45) is 0 Å². The van der Waals surface area contributed by atoms with Crippen LogP contribution in [-0.2, 0) is 0 Å². The summed E-state index contributed by atoms with van der Waals surface area (Å²) in [6.07, 6.45) is 0. The molecule has 78 valence electrons. The minimum atomic E-state index is 0.133. The summed E-state index contributed by atoms with van der Waals surface area (Å²) >= 11 is 3.40. The van der Waals surface area contributed by atoms with E-state index in [0.717, 1.165) is 4.47 Å². The van der Waals surface area contributed by atoms with Crippen molar-refractivity contribution < 1.29 is 5.11 Å². The molecule has 1 aromatic rings. The summed E-state index contributed by atoms with van der Waals surface area (Å²) in [6.45, 7) is 4.23. The molecule has 0 radical (unpaired) electrons. The van der Waals surface area contributed by atoms with Gasteiger partial charge in [0.15, 0.2) is 0 Å². The lowest BCUT2D eigenvalue weighted by Gasteiger charge is -2.18. The van der Waals surface area contributed by atoms with E-state index >= 15 is 0 Å². The topological polar surface area (TPSA) is 32.3 Å². The van der Waals surface area contributed by atoms with Gasteiger partial charge in [0, 0.05) is 16.6 Å². The third kappa shape index (κ3) is 3.40. The number of halogens is 1. The average Bonchev–Trinajstić information content (AvgIpc) is 2.18. The maximum atomic E-state index is 8.90. The second kappa shape index (κ2) is 5.49. The van der Waals surface area contributed by atoms with Gasteiger partial charge in [0.05, 0.1) is 6.61 Å².